The predicted molar refractivity (Wildman–Crippen MR) is 57.4 cm³/mol. The first kappa shape index (κ1) is 9.00. The number of hydrogen-bond donors (Lipinski definition) is 0. The molecule has 0 spiro atoms. The third-order valence-electron chi connectivity index (χ3n) is 2.33. The standard InChI is InChI=1S/C12H13NO/c1-9-3-4-10-8-13-6-5-11(10)12(7-9)14-2/h3-9H,1-2H3. The Hall–Kier alpha value is -1.57. The van der Waals surface area contributed by atoms with Crippen LogP contribution in [-0.4, -0.2) is 12.1 Å². The lowest BCUT2D eigenvalue weighted by Gasteiger charge is -2.07. The lowest BCUT2D eigenvalue weighted by Crippen LogP contribution is -1.92. The van der Waals surface area contributed by atoms with Gasteiger partial charge < -0.3 is 4.74 Å². The number of pyridine rings is 1. The van der Waals surface area contributed by atoms with Gasteiger partial charge >= 0.3 is 0 Å². The van der Waals surface area contributed by atoms with Gasteiger partial charge in [-0.05, 0) is 18.1 Å². The van der Waals surface area contributed by atoms with Gasteiger partial charge in [-0.15, -0.1) is 0 Å². The maximum atomic E-state index is 5.36. The van der Waals surface area contributed by atoms with E-state index in [1.165, 1.54) is 0 Å². The highest BCUT2D eigenvalue weighted by molar-refractivity contribution is 5.72. The fourth-order valence-electron chi connectivity index (χ4n) is 1.58. The van der Waals surface area contributed by atoms with E-state index in [9.17, 15) is 0 Å². The maximum absolute atomic E-state index is 5.36. The Balaban J connectivity index is 2.56. The average molecular weight is 187 g/mol. The van der Waals surface area contributed by atoms with Gasteiger partial charge in [0, 0.05) is 23.5 Å². The summed E-state index contributed by atoms with van der Waals surface area (Å²) in [5.41, 5.74) is 2.23. The van der Waals surface area contributed by atoms with Gasteiger partial charge in [0.05, 0.1) is 7.11 Å². The Morgan fingerprint density at radius 3 is 3.07 bits per heavy atom. The molecule has 2 rings (SSSR count). The van der Waals surface area contributed by atoms with Crippen molar-refractivity contribution in [3.8, 4) is 0 Å². The maximum Gasteiger partial charge on any atom is 0.123 e. The van der Waals surface area contributed by atoms with E-state index in [1.807, 2.05) is 12.3 Å². The van der Waals surface area contributed by atoms with Crippen molar-refractivity contribution in [2.75, 3.05) is 7.11 Å². The fraction of sp³-hybridized carbons (Fsp3) is 0.250. The van der Waals surface area contributed by atoms with Gasteiger partial charge in [0.1, 0.15) is 5.76 Å². The van der Waals surface area contributed by atoms with E-state index >= 15 is 0 Å². The molecule has 2 nitrogen and oxygen atoms in total. The summed E-state index contributed by atoms with van der Waals surface area (Å²) in [6.45, 7) is 2.13. The second-order valence-electron chi connectivity index (χ2n) is 3.42. The zero-order valence-electron chi connectivity index (χ0n) is 8.40. The number of hydrogen-bond acceptors (Lipinski definition) is 2. The number of nitrogens with zero attached hydrogens (tertiary/aromatic N) is 1. The predicted octanol–water partition coefficient (Wildman–Crippen LogP) is 2.73. The minimum Gasteiger partial charge on any atom is -0.496 e. The van der Waals surface area contributed by atoms with Gasteiger partial charge in [0.25, 0.3) is 0 Å². The monoisotopic (exact) mass is 187 g/mol. The number of rotatable bonds is 1. The molecular formula is C12H13NO. The lowest BCUT2D eigenvalue weighted by atomic mass is 10.1. The van der Waals surface area contributed by atoms with E-state index < -0.39 is 0 Å². The Kier molecular flexibility index (Phi) is 2.35. The molecule has 0 aromatic carbocycles. The minimum absolute atomic E-state index is 0.400. The van der Waals surface area contributed by atoms with Crippen molar-refractivity contribution in [3.05, 3.63) is 41.7 Å². The van der Waals surface area contributed by atoms with Gasteiger partial charge in [-0.3, -0.25) is 4.98 Å². The molecule has 0 aliphatic heterocycles. The van der Waals surface area contributed by atoms with Crippen LogP contribution in [0.4, 0.5) is 0 Å². The molecule has 1 atom stereocenters. The molecule has 0 saturated carbocycles. The first-order valence-corrected chi connectivity index (χ1v) is 4.69. The Labute approximate surface area is 83.9 Å². The van der Waals surface area contributed by atoms with Crippen molar-refractivity contribution >= 4 is 11.8 Å². The van der Waals surface area contributed by atoms with Crippen LogP contribution in [0.25, 0.3) is 11.8 Å². The smallest absolute Gasteiger partial charge is 0.123 e. The number of aromatic nitrogens is 1. The molecule has 0 bridgehead atoms. The topological polar surface area (TPSA) is 22.1 Å². The molecule has 0 radical (unpaired) electrons. The third-order valence-corrected chi connectivity index (χ3v) is 2.33. The molecule has 0 fully saturated rings. The second kappa shape index (κ2) is 3.66. The molecule has 1 aromatic heterocycles. The van der Waals surface area contributed by atoms with Crippen molar-refractivity contribution in [2.45, 2.75) is 6.92 Å². The Bertz CT molecular complexity index is 393. The SMILES string of the molecule is COC1=CC(C)C=Cc2cnccc21. The molecule has 1 aromatic rings. The first-order chi connectivity index (χ1) is 6.81. The van der Waals surface area contributed by atoms with Gasteiger partial charge in [-0.1, -0.05) is 19.1 Å². The molecule has 1 aliphatic rings. The molecule has 0 N–H and O–H groups in total. The third kappa shape index (κ3) is 1.55. The summed E-state index contributed by atoms with van der Waals surface area (Å²) < 4.78 is 5.36. The molecule has 1 heterocycles. The molecular weight excluding hydrogens is 174 g/mol. The second-order valence-corrected chi connectivity index (χ2v) is 3.42. The van der Waals surface area contributed by atoms with Crippen LogP contribution in [0.5, 0.6) is 0 Å². The number of allylic oxidation sites excluding steroid dienone is 2. The first-order valence-electron chi connectivity index (χ1n) is 4.69. The highest BCUT2D eigenvalue weighted by Crippen LogP contribution is 2.25. The van der Waals surface area contributed by atoms with Crippen molar-refractivity contribution in [3.63, 3.8) is 0 Å². The molecule has 1 unspecified atom stereocenters. The van der Waals surface area contributed by atoms with Crippen LogP contribution in [-0.2, 0) is 4.74 Å². The summed E-state index contributed by atoms with van der Waals surface area (Å²) >= 11 is 0. The van der Waals surface area contributed by atoms with Gasteiger partial charge in [-0.25, -0.2) is 0 Å². The molecule has 0 saturated heterocycles. The zero-order valence-corrected chi connectivity index (χ0v) is 8.40. The van der Waals surface area contributed by atoms with Crippen LogP contribution in [0, 0.1) is 5.92 Å². The van der Waals surface area contributed by atoms with Gasteiger partial charge in [0.2, 0.25) is 0 Å². The van der Waals surface area contributed by atoms with E-state index in [0.29, 0.717) is 5.92 Å². The molecule has 0 amide bonds. The van der Waals surface area contributed by atoms with Crippen LogP contribution in [0.15, 0.2) is 30.6 Å². The van der Waals surface area contributed by atoms with Crippen LogP contribution in [0.2, 0.25) is 0 Å². The molecule has 2 heteroatoms. The summed E-state index contributed by atoms with van der Waals surface area (Å²) in [6, 6.07) is 1.98. The summed E-state index contributed by atoms with van der Waals surface area (Å²) in [5, 5.41) is 0. The molecule has 14 heavy (non-hydrogen) atoms. The highest BCUT2D eigenvalue weighted by Gasteiger charge is 2.10. The highest BCUT2D eigenvalue weighted by atomic mass is 16.5. The van der Waals surface area contributed by atoms with Crippen LogP contribution in [0.3, 0.4) is 0 Å². The van der Waals surface area contributed by atoms with E-state index in [4.69, 9.17) is 4.74 Å². The summed E-state index contributed by atoms with van der Waals surface area (Å²) in [7, 11) is 1.70. The van der Waals surface area contributed by atoms with Crippen molar-refractivity contribution in [2.24, 2.45) is 5.92 Å². The minimum atomic E-state index is 0.400. The lowest BCUT2D eigenvalue weighted by molar-refractivity contribution is 0.368. The van der Waals surface area contributed by atoms with E-state index in [0.717, 1.165) is 16.9 Å². The normalized spacial score (nSPS) is 19.6. The van der Waals surface area contributed by atoms with Crippen LogP contribution >= 0.6 is 0 Å². The van der Waals surface area contributed by atoms with E-state index in [2.05, 4.69) is 30.1 Å². The average Bonchev–Trinajstić information content (AvgIpc) is 2.38. The fourth-order valence-corrected chi connectivity index (χ4v) is 1.58. The summed E-state index contributed by atoms with van der Waals surface area (Å²) in [6.07, 6.45) is 10.00. The molecule has 1 aliphatic carbocycles. The van der Waals surface area contributed by atoms with Gasteiger partial charge in [-0.2, -0.15) is 0 Å². The quantitative estimate of drug-likeness (QED) is 0.674. The van der Waals surface area contributed by atoms with Gasteiger partial charge in [0.15, 0.2) is 0 Å². The number of fused-ring (bicyclic) bond motifs is 1. The Morgan fingerprint density at radius 1 is 1.43 bits per heavy atom. The van der Waals surface area contributed by atoms with Crippen molar-refractivity contribution < 1.29 is 4.74 Å². The Morgan fingerprint density at radius 2 is 2.29 bits per heavy atom. The van der Waals surface area contributed by atoms with E-state index in [1.54, 1.807) is 13.3 Å². The van der Waals surface area contributed by atoms with Crippen LogP contribution in [0.1, 0.15) is 18.1 Å². The number of methoxy groups -OCH3 is 1. The van der Waals surface area contributed by atoms with Crippen molar-refractivity contribution in [1.82, 2.24) is 4.98 Å². The summed E-state index contributed by atoms with van der Waals surface area (Å²) in [4.78, 5) is 4.10. The zero-order chi connectivity index (χ0) is 9.97. The van der Waals surface area contributed by atoms with E-state index in [-0.39, 0.29) is 0 Å². The largest absolute Gasteiger partial charge is 0.496 e. The van der Waals surface area contributed by atoms with Crippen LogP contribution < -0.4 is 0 Å². The number of ether oxygens (including phenoxy) is 1. The summed E-state index contributed by atoms with van der Waals surface area (Å²) in [5.74, 6) is 1.33. The molecule has 72 valence electrons. The van der Waals surface area contributed by atoms with Crippen molar-refractivity contribution in [1.29, 1.82) is 0 Å².